The van der Waals surface area contributed by atoms with Crippen LogP contribution >= 0.6 is 0 Å². The number of benzene rings is 1. The van der Waals surface area contributed by atoms with Gasteiger partial charge >= 0.3 is 0 Å². The molecule has 0 saturated carbocycles. The summed E-state index contributed by atoms with van der Waals surface area (Å²) < 4.78 is 10.8. The predicted octanol–water partition coefficient (Wildman–Crippen LogP) is 2.51. The van der Waals surface area contributed by atoms with E-state index in [0.717, 1.165) is 5.56 Å². The Labute approximate surface area is 119 Å². The van der Waals surface area contributed by atoms with Crippen LogP contribution in [0.25, 0.3) is 0 Å². The molecule has 0 aliphatic rings. The topological polar surface area (TPSA) is 73.6 Å². The minimum Gasteiger partial charge on any atom is -0.496 e. The summed E-state index contributed by atoms with van der Waals surface area (Å²) in [6.45, 7) is 7.72. The van der Waals surface area contributed by atoms with Crippen molar-refractivity contribution in [1.29, 1.82) is 0 Å². The van der Waals surface area contributed by atoms with Gasteiger partial charge in [0.1, 0.15) is 5.75 Å². The first kappa shape index (κ1) is 16.4. The molecular formula is C14H22N2O4. The monoisotopic (exact) mass is 282 g/mol. The molecule has 0 amide bonds. The quantitative estimate of drug-likeness (QED) is 0.586. The summed E-state index contributed by atoms with van der Waals surface area (Å²) in [5, 5.41) is 14.0. The molecule has 0 aliphatic heterocycles. The molecule has 6 heteroatoms. The fraction of sp³-hybridized carbons (Fsp3) is 0.571. The second-order valence-electron chi connectivity index (χ2n) is 5.05. The summed E-state index contributed by atoms with van der Waals surface area (Å²) in [5.74, 6) is 0.636. The van der Waals surface area contributed by atoms with E-state index in [9.17, 15) is 10.1 Å². The molecule has 0 atom stereocenters. The largest absolute Gasteiger partial charge is 0.496 e. The third kappa shape index (κ3) is 4.79. The Morgan fingerprint density at radius 2 is 2.10 bits per heavy atom. The summed E-state index contributed by atoms with van der Waals surface area (Å²) in [7, 11) is 1.55. The van der Waals surface area contributed by atoms with Crippen LogP contribution in [0.2, 0.25) is 0 Å². The molecule has 112 valence electrons. The lowest BCUT2D eigenvalue weighted by Gasteiger charge is -2.25. The van der Waals surface area contributed by atoms with Crippen LogP contribution in [-0.2, 0) is 11.3 Å². The minimum atomic E-state index is -0.410. The van der Waals surface area contributed by atoms with E-state index < -0.39 is 4.92 Å². The maximum atomic E-state index is 10.8. The van der Waals surface area contributed by atoms with Crippen molar-refractivity contribution in [3.05, 3.63) is 33.9 Å². The highest BCUT2D eigenvalue weighted by Crippen LogP contribution is 2.23. The first-order chi connectivity index (χ1) is 9.39. The Balaban J connectivity index is 2.71. The molecule has 1 N–H and O–H groups in total. The maximum Gasteiger partial charge on any atom is 0.270 e. The van der Waals surface area contributed by atoms with Gasteiger partial charge in [-0.15, -0.1) is 0 Å². The van der Waals surface area contributed by atoms with Gasteiger partial charge in [-0.05, 0) is 26.8 Å². The standard InChI is InChI=1S/C14H22N2O4/c1-5-20-14(2,3)10-15-9-11-8-12(16(17)18)6-7-13(11)19-4/h6-8,15H,5,9-10H2,1-4H3. The van der Waals surface area contributed by atoms with Crippen molar-refractivity contribution in [3.63, 3.8) is 0 Å². The first-order valence-electron chi connectivity index (χ1n) is 6.55. The number of hydrogen-bond donors (Lipinski definition) is 1. The first-order valence-corrected chi connectivity index (χ1v) is 6.55. The lowest BCUT2D eigenvalue weighted by Crippen LogP contribution is -2.37. The van der Waals surface area contributed by atoms with Crippen LogP contribution in [0.15, 0.2) is 18.2 Å². The Bertz CT molecular complexity index is 460. The minimum absolute atomic E-state index is 0.0617. The van der Waals surface area contributed by atoms with Crippen molar-refractivity contribution in [2.45, 2.75) is 32.9 Å². The molecule has 0 bridgehead atoms. The number of hydrogen-bond acceptors (Lipinski definition) is 5. The highest BCUT2D eigenvalue weighted by Gasteiger charge is 2.17. The normalized spacial score (nSPS) is 11.4. The molecule has 0 saturated heterocycles. The Morgan fingerprint density at radius 3 is 2.65 bits per heavy atom. The number of nitrogens with one attached hydrogen (secondary N) is 1. The summed E-state index contributed by atoms with van der Waals surface area (Å²) in [4.78, 5) is 10.4. The van der Waals surface area contributed by atoms with Crippen LogP contribution in [-0.4, -0.2) is 30.8 Å². The van der Waals surface area contributed by atoms with Crippen LogP contribution in [0, 0.1) is 10.1 Å². The summed E-state index contributed by atoms with van der Waals surface area (Å²) in [6.07, 6.45) is 0. The molecule has 1 rings (SSSR count). The van der Waals surface area contributed by atoms with Crippen LogP contribution in [0.1, 0.15) is 26.3 Å². The number of methoxy groups -OCH3 is 1. The van der Waals surface area contributed by atoms with Crippen LogP contribution in [0.4, 0.5) is 5.69 Å². The second-order valence-corrected chi connectivity index (χ2v) is 5.05. The van der Waals surface area contributed by atoms with Crippen LogP contribution < -0.4 is 10.1 Å². The van der Waals surface area contributed by atoms with Gasteiger partial charge in [0.05, 0.1) is 17.6 Å². The van der Waals surface area contributed by atoms with Crippen molar-refractivity contribution in [3.8, 4) is 5.75 Å². The van der Waals surface area contributed by atoms with Crippen molar-refractivity contribution in [2.24, 2.45) is 0 Å². The van der Waals surface area contributed by atoms with Gasteiger partial charge in [-0.2, -0.15) is 0 Å². The number of non-ortho nitro benzene ring substituents is 1. The van der Waals surface area contributed by atoms with Gasteiger partial charge in [0.2, 0.25) is 0 Å². The summed E-state index contributed by atoms with van der Waals surface area (Å²) in [5.41, 5.74) is 0.545. The molecule has 0 heterocycles. The fourth-order valence-corrected chi connectivity index (χ4v) is 1.96. The molecule has 6 nitrogen and oxygen atoms in total. The Kier molecular flexibility index (Phi) is 5.91. The molecular weight excluding hydrogens is 260 g/mol. The average molecular weight is 282 g/mol. The molecule has 0 fully saturated rings. The van der Waals surface area contributed by atoms with E-state index in [1.54, 1.807) is 13.2 Å². The average Bonchev–Trinajstić information content (AvgIpc) is 2.38. The van der Waals surface area contributed by atoms with Gasteiger partial charge in [0.25, 0.3) is 5.69 Å². The zero-order chi connectivity index (χ0) is 15.2. The predicted molar refractivity (Wildman–Crippen MR) is 77.1 cm³/mol. The van der Waals surface area contributed by atoms with E-state index in [0.29, 0.717) is 25.4 Å². The number of ether oxygens (including phenoxy) is 2. The highest BCUT2D eigenvalue weighted by atomic mass is 16.6. The van der Waals surface area contributed by atoms with Crippen molar-refractivity contribution in [2.75, 3.05) is 20.3 Å². The molecule has 0 radical (unpaired) electrons. The Morgan fingerprint density at radius 1 is 1.40 bits per heavy atom. The summed E-state index contributed by atoms with van der Waals surface area (Å²) in [6, 6.07) is 4.58. The van der Waals surface area contributed by atoms with E-state index in [2.05, 4.69) is 5.32 Å². The number of rotatable bonds is 8. The maximum absolute atomic E-state index is 10.8. The van der Waals surface area contributed by atoms with Gasteiger partial charge in [-0.25, -0.2) is 0 Å². The van der Waals surface area contributed by atoms with E-state index in [-0.39, 0.29) is 11.3 Å². The summed E-state index contributed by atoms with van der Waals surface area (Å²) >= 11 is 0. The van der Waals surface area contributed by atoms with Crippen molar-refractivity contribution < 1.29 is 14.4 Å². The van der Waals surface area contributed by atoms with E-state index in [1.807, 2.05) is 20.8 Å². The molecule has 0 aromatic heterocycles. The van der Waals surface area contributed by atoms with Gasteiger partial charge < -0.3 is 14.8 Å². The lowest BCUT2D eigenvalue weighted by molar-refractivity contribution is -0.384. The van der Waals surface area contributed by atoms with E-state index >= 15 is 0 Å². The molecule has 20 heavy (non-hydrogen) atoms. The molecule has 1 aromatic rings. The number of nitrogens with zero attached hydrogens (tertiary/aromatic N) is 1. The Hall–Kier alpha value is -1.66. The van der Waals surface area contributed by atoms with Gasteiger partial charge in [0.15, 0.2) is 0 Å². The van der Waals surface area contributed by atoms with Crippen LogP contribution in [0.3, 0.4) is 0 Å². The molecule has 0 unspecified atom stereocenters. The van der Waals surface area contributed by atoms with Crippen LogP contribution in [0.5, 0.6) is 5.75 Å². The molecule has 1 aromatic carbocycles. The zero-order valence-corrected chi connectivity index (χ0v) is 12.4. The van der Waals surface area contributed by atoms with E-state index in [4.69, 9.17) is 9.47 Å². The highest BCUT2D eigenvalue weighted by molar-refractivity contribution is 5.43. The number of nitro benzene ring substituents is 1. The number of nitro groups is 1. The van der Waals surface area contributed by atoms with Gasteiger partial charge in [0, 0.05) is 37.4 Å². The van der Waals surface area contributed by atoms with Crippen molar-refractivity contribution >= 4 is 5.69 Å². The lowest BCUT2D eigenvalue weighted by atomic mass is 10.1. The van der Waals surface area contributed by atoms with Gasteiger partial charge in [-0.1, -0.05) is 0 Å². The zero-order valence-electron chi connectivity index (χ0n) is 12.4. The smallest absolute Gasteiger partial charge is 0.270 e. The molecule has 0 aliphatic carbocycles. The second kappa shape index (κ2) is 7.21. The third-order valence-corrected chi connectivity index (χ3v) is 2.88. The van der Waals surface area contributed by atoms with E-state index in [1.165, 1.54) is 12.1 Å². The van der Waals surface area contributed by atoms with Crippen molar-refractivity contribution in [1.82, 2.24) is 5.32 Å². The SMILES string of the molecule is CCOC(C)(C)CNCc1cc([N+](=O)[O-])ccc1OC. The fourth-order valence-electron chi connectivity index (χ4n) is 1.96. The molecule has 0 spiro atoms. The third-order valence-electron chi connectivity index (χ3n) is 2.88. The van der Waals surface area contributed by atoms with Gasteiger partial charge in [-0.3, -0.25) is 10.1 Å².